The molecule has 5 rings (SSSR count). The topological polar surface area (TPSA) is 117 Å². The lowest BCUT2D eigenvalue weighted by Crippen LogP contribution is -2.51. The van der Waals surface area contributed by atoms with E-state index in [2.05, 4.69) is 45.2 Å². The van der Waals surface area contributed by atoms with Crippen LogP contribution in [0.3, 0.4) is 0 Å². The molecule has 10 nitrogen and oxygen atoms in total. The number of halogens is 2. The second kappa shape index (κ2) is 8.92. The zero-order valence-corrected chi connectivity index (χ0v) is 18.6. The van der Waals surface area contributed by atoms with Crippen molar-refractivity contribution in [3.8, 4) is 11.5 Å². The maximum Gasteiger partial charge on any atom is 0.586 e. The first-order chi connectivity index (χ1) is 16.4. The molecule has 2 aliphatic rings. The van der Waals surface area contributed by atoms with Crippen molar-refractivity contribution in [3.63, 3.8) is 0 Å². The molecule has 2 atom stereocenters. The number of carbonyl (C=O) groups excluding carboxylic acids is 1. The summed E-state index contributed by atoms with van der Waals surface area (Å²) >= 11 is 0. The molecule has 1 amide bonds. The fraction of sp³-hybridized carbons (Fsp3) is 0.455. The predicted octanol–water partition coefficient (Wildman–Crippen LogP) is 3.04. The summed E-state index contributed by atoms with van der Waals surface area (Å²) in [5.41, 5.74) is 0.951. The standard InChI is InChI=1S/C22H25F2N7O3/c1-2-5-16(29-15-7-3-8-17-18(15)34-22(23,24)33-17)21(32)28-13-6-4-9-31(11-13)20-14-10-27-30-19(14)25-12-26-20/h3,7-8,10,12-13,16,29H,2,4-6,9,11H2,1H3,(H,28,32)(H,25,26,27,30)/t13-,16-/m1/s1. The Balaban J connectivity index is 1.28. The largest absolute Gasteiger partial charge is 0.586 e. The van der Waals surface area contributed by atoms with Crippen LogP contribution in [0.15, 0.2) is 30.7 Å². The van der Waals surface area contributed by atoms with Gasteiger partial charge in [-0.15, -0.1) is 8.78 Å². The number of benzene rings is 1. The highest BCUT2D eigenvalue weighted by Gasteiger charge is 2.44. The summed E-state index contributed by atoms with van der Waals surface area (Å²) in [6.45, 7) is 3.35. The Bertz CT molecular complexity index is 1190. The highest BCUT2D eigenvalue weighted by atomic mass is 19.3. The molecule has 34 heavy (non-hydrogen) atoms. The van der Waals surface area contributed by atoms with Gasteiger partial charge in [0.2, 0.25) is 5.91 Å². The van der Waals surface area contributed by atoms with Crippen molar-refractivity contribution in [2.24, 2.45) is 0 Å². The van der Waals surface area contributed by atoms with E-state index in [1.54, 1.807) is 18.3 Å². The average molecular weight is 473 g/mol. The van der Waals surface area contributed by atoms with Crippen LogP contribution in [0, 0.1) is 0 Å². The quantitative estimate of drug-likeness (QED) is 0.479. The van der Waals surface area contributed by atoms with Crippen LogP contribution in [0.1, 0.15) is 32.6 Å². The number of piperidine rings is 1. The SMILES string of the molecule is CCC[C@@H](Nc1cccc2c1OC(F)(F)O2)C(=O)N[C@@H]1CCCN(c2ncnc3[nH]ncc23)C1. The molecular weight excluding hydrogens is 448 g/mol. The Hall–Kier alpha value is -3.70. The Morgan fingerprint density at radius 1 is 1.35 bits per heavy atom. The fourth-order valence-corrected chi connectivity index (χ4v) is 4.42. The summed E-state index contributed by atoms with van der Waals surface area (Å²) in [7, 11) is 0. The van der Waals surface area contributed by atoms with E-state index in [-0.39, 0.29) is 29.1 Å². The molecular formula is C22H25F2N7O3. The minimum Gasteiger partial charge on any atom is -0.395 e. The number of H-pyrrole nitrogens is 1. The summed E-state index contributed by atoms with van der Waals surface area (Å²) in [6.07, 6.45) is 2.41. The minimum absolute atomic E-state index is 0.0657. The molecule has 0 spiro atoms. The zero-order chi connectivity index (χ0) is 23.7. The van der Waals surface area contributed by atoms with Gasteiger partial charge in [-0.05, 0) is 31.4 Å². The first kappa shape index (κ1) is 22.1. The number of rotatable bonds is 7. The van der Waals surface area contributed by atoms with Gasteiger partial charge in [0.15, 0.2) is 17.1 Å². The number of alkyl halides is 2. The maximum absolute atomic E-state index is 13.6. The number of hydrogen-bond acceptors (Lipinski definition) is 8. The predicted molar refractivity (Wildman–Crippen MR) is 120 cm³/mol. The molecule has 0 saturated carbocycles. The zero-order valence-electron chi connectivity index (χ0n) is 18.6. The number of nitrogens with zero attached hydrogens (tertiary/aromatic N) is 4. The van der Waals surface area contributed by atoms with Gasteiger partial charge in [0.25, 0.3) is 0 Å². The fourth-order valence-electron chi connectivity index (χ4n) is 4.42. The van der Waals surface area contributed by atoms with E-state index in [0.717, 1.165) is 37.0 Å². The van der Waals surface area contributed by atoms with E-state index in [9.17, 15) is 13.6 Å². The molecule has 1 aromatic carbocycles. The van der Waals surface area contributed by atoms with Crippen molar-refractivity contribution in [3.05, 3.63) is 30.7 Å². The average Bonchev–Trinajstić information content (AvgIpc) is 3.42. The first-order valence-corrected chi connectivity index (χ1v) is 11.3. The Morgan fingerprint density at radius 3 is 3.09 bits per heavy atom. The van der Waals surface area contributed by atoms with E-state index in [1.165, 1.54) is 12.4 Å². The van der Waals surface area contributed by atoms with Gasteiger partial charge in [-0.2, -0.15) is 5.10 Å². The van der Waals surface area contributed by atoms with E-state index in [4.69, 9.17) is 0 Å². The lowest BCUT2D eigenvalue weighted by atomic mass is 10.0. The van der Waals surface area contributed by atoms with Crippen molar-refractivity contribution in [2.75, 3.05) is 23.3 Å². The molecule has 12 heteroatoms. The van der Waals surface area contributed by atoms with Gasteiger partial charge >= 0.3 is 6.29 Å². The third kappa shape index (κ3) is 4.39. The van der Waals surface area contributed by atoms with Crippen molar-refractivity contribution < 1.29 is 23.0 Å². The molecule has 180 valence electrons. The van der Waals surface area contributed by atoms with Crippen molar-refractivity contribution >= 4 is 28.4 Å². The molecule has 0 aliphatic carbocycles. The van der Waals surface area contributed by atoms with Crippen molar-refractivity contribution in [1.29, 1.82) is 0 Å². The maximum atomic E-state index is 13.6. The summed E-state index contributed by atoms with van der Waals surface area (Å²) in [4.78, 5) is 23.9. The number of ether oxygens (including phenoxy) is 2. The second-order valence-corrected chi connectivity index (χ2v) is 8.41. The lowest BCUT2D eigenvalue weighted by molar-refractivity contribution is -0.286. The summed E-state index contributed by atoms with van der Waals surface area (Å²) in [5, 5.41) is 13.9. The molecule has 0 radical (unpaired) electrons. The number of para-hydroxylation sites is 1. The van der Waals surface area contributed by atoms with Gasteiger partial charge in [0, 0.05) is 19.1 Å². The smallest absolute Gasteiger partial charge is 0.395 e. The van der Waals surface area contributed by atoms with Gasteiger partial charge < -0.3 is 25.0 Å². The molecule has 2 aliphatic heterocycles. The molecule has 1 saturated heterocycles. The van der Waals surface area contributed by atoms with Gasteiger partial charge in [0.1, 0.15) is 18.2 Å². The second-order valence-electron chi connectivity index (χ2n) is 8.41. The van der Waals surface area contributed by atoms with E-state index >= 15 is 0 Å². The Labute approximate surface area is 194 Å². The Morgan fingerprint density at radius 2 is 2.24 bits per heavy atom. The molecule has 3 aromatic rings. The normalized spacial score (nSPS) is 19.7. The van der Waals surface area contributed by atoms with Crippen LogP contribution in [0.5, 0.6) is 11.5 Å². The van der Waals surface area contributed by atoms with Crippen LogP contribution < -0.4 is 25.0 Å². The number of aromatic amines is 1. The first-order valence-electron chi connectivity index (χ1n) is 11.3. The number of amides is 1. The molecule has 4 heterocycles. The molecule has 0 bridgehead atoms. The monoisotopic (exact) mass is 473 g/mol. The van der Waals surface area contributed by atoms with Gasteiger partial charge in [-0.3, -0.25) is 9.89 Å². The molecule has 2 aromatic heterocycles. The Kier molecular flexibility index (Phi) is 5.80. The highest BCUT2D eigenvalue weighted by Crippen LogP contribution is 2.46. The number of hydrogen-bond donors (Lipinski definition) is 3. The molecule has 0 unspecified atom stereocenters. The van der Waals surface area contributed by atoms with Gasteiger partial charge in [0.05, 0.1) is 17.3 Å². The van der Waals surface area contributed by atoms with Gasteiger partial charge in [-0.25, -0.2) is 9.97 Å². The highest BCUT2D eigenvalue weighted by molar-refractivity contribution is 5.87. The van der Waals surface area contributed by atoms with Crippen LogP contribution >= 0.6 is 0 Å². The number of aromatic nitrogens is 4. The summed E-state index contributed by atoms with van der Waals surface area (Å²) < 4.78 is 36.3. The third-order valence-electron chi connectivity index (χ3n) is 5.95. The number of fused-ring (bicyclic) bond motifs is 2. The van der Waals surface area contributed by atoms with Crippen molar-refractivity contribution in [1.82, 2.24) is 25.5 Å². The number of nitrogens with one attached hydrogen (secondary N) is 3. The summed E-state index contributed by atoms with van der Waals surface area (Å²) in [6, 6.07) is 3.85. The van der Waals surface area contributed by atoms with Crippen molar-refractivity contribution in [2.45, 2.75) is 51.0 Å². The van der Waals surface area contributed by atoms with Crippen LogP contribution in [-0.2, 0) is 4.79 Å². The van der Waals surface area contributed by atoms with Crippen LogP contribution in [0.4, 0.5) is 20.3 Å². The molecule has 3 N–H and O–H groups in total. The van der Waals surface area contributed by atoms with Crippen LogP contribution in [0.2, 0.25) is 0 Å². The number of anilines is 2. The van der Waals surface area contributed by atoms with E-state index < -0.39 is 12.3 Å². The minimum atomic E-state index is -3.73. The van der Waals surface area contributed by atoms with Crippen LogP contribution in [-0.4, -0.2) is 57.5 Å². The summed E-state index contributed by atoms with van der Waals surface area (Å²) in [5.74, 6) is 0.411. The number of carbonyl (C=O) groups is 1. The van der Waals surface area contributed by atoms with E-state index in [0.29, 0.717) is 18.6 Å². The van der Waals surface area contributed by atoms with Crippen LogP contribution in [0.25, 0.3) is 11.0 Å². The lowest BCUT2D eigenvalue weighted by Gasteiger charge is -2.35. The van der Waals surface area contributed by atoms with Gasteiger partial charge in [-0.1, -0.05) is 19.4 Å². The third-order valence-corrected chi connectivity index (χ3v) is 5.95. The van der Waals surface area contributed by atoms with E-state index in [1.807, 2.05) is 6.92 Å². The molecule has 1 fully saturated rings.